The van der Waals surface area contributed by atoms with Crippen LogP contribution < -0.4 is 5.32 Å². The minimum Gasteiger partial charge on any atom is -0.325 e. The zero-order valence-corrected chi connectivity index (χ0v) is 17.4. The number of nitrogens with zero attached hydrogens (tertiary/aromatic N) is 1. The van der Waals surface area contributed by atoms with Crippen LogP contribution in [0, 0.1) is 19.8 Å². The number of nitrogens with one attached hydrogen (secondary N) is 1. The third-order valence-electron chi connectivity index (χ3n) is 5.12. The largest absolute Gasteiger partial charge is 0.325 e. The summed E-state index contributed by atoms with van der Waals surface area (Å²) in [5.41, 5.74) is 3.82. The summed E-state index contributed by atoms with van der Waals surface area (Å²) < 4.78 is 0.998. The maximum Gasteiger partial charge on any atom is 0.238 e. The van der Waals surface area contributed by atoms with Gasteiger partial charge in [0.05, 0.1) is 6.54 Å². The number of amides is 1. The lowest BCUT2D eigenvalue weighted by Gasteiger charge is -2.30. The van der Waals surface area contributed by atoms with Crippen LogP contribution in [0.3, 0.4) is 0 Å². The van der Waals surface area contributed by atoms with Crippen molar-refractivity contribution in [3.05, 3.63) is 63.6 Å². The van der Waals surface area contributed by atoms with Crippen LogP contribution >= 0.6 is 15.9 Å². The number of anilines is 1. The molecule has 1 fully saturated rings. The molecule has 2 aromatic rings. The first-order valence-electron chi connectivity index (χ1n) is 9.31. The van der Waals surface area contributed by atoms with E-state index in [1.165, 1.54) is 0 Å². The number of aryl methyl sites for hydroxylation is 2. The van der Waals surface area contributed by atoms with Gasteiger partial charge in [-0.25, -0.2) is 0 Å². The van der Waals surface area contributed by atoms with Crippen LogP contribution in [-0.2, 0) is 4.79 Å². The van der Waals surface area contributed by atoms with Crippen LogP contribution in [0.15, 0.2) is 46.9 Å². The normalized spacial score (nSPS) is 15.5. The quantitative estimate of drug-likeness (QED) is 0.707. The van der Waals surface area contributed by atoms with Gasteiger partial charge < -0.3 is 5.32 Å². The van der Waals surface area contributed by atoms with Crippen molar-refractivity contribution < 1.29 is 9.59 Å². The number of ketones is 1. The molecule has 0 atom stereocenters. The molecule has 0 spiro atoms. The Bertz CT molecular complexity index is 825. The van der Waals surface area contributed by atoms with Crippen molar-refractivity contribution in [1.82, 2.24) is 4.90 Å². The average Bonchev–Trinajstić information content (AvgIpc) is 2.65. The van der Waals surface area contributed by atoms with Crippen molar-refractivity contribution in [1.29, 1.82) is 0 Å². The van der Waals surface area contributed by atoms with E-state index in [1.54, 1.807) is 0 Å². The van der Waals surface area contributed by atoms with Crippen LogP contribution in [0.5, 0.6) is 0 Å². The SMILES string of the molecule is Cc1ccc(C(=O)C2CCN(CC(=O)Nc3ccc(Br)cc3C)CC2)cc1. The van der Waals surface area contributed by atoms with Crippen molar-refractivity contribution in [2.24, 2.45) is 5.92 Å². The summed E-state index contributed by atoms with van der Waals surface area (Å²) in [6.45, 7) is 5.90. The Morgan fingerprint density at radius 3 is 2.37 bits per heavy atom. The number of carbonyl (C=O) groups is 2. The molecule has 142 valence electrons. The number of piperidine rings is 1. The number of carbonyl (C=O) groups excluding carboxylic acids is 2. The lowest BCUT2D eigenvalue weighted by atomic mass is 9.88. The van der Waals surface area contributed by atoms with Gasteiger partial charge in [0.15, 0.2) is 5.78 Å². The highest BCUT2D eigenvalue weighted by Crippen LogP contribution is 2.23. The Hall–Kier alpha value is -1.98. The third kappa shape index (κ3) is 5.27. The van der Waals surface area contributed by atoms with E-state index in [1.807, 2.05) is 56.3 Å². The molecule has 0 unspecified atom stereocenters. The van der Waals surface area contributed by atoms with Gasteiger partial charge in [0.1, 0.15) is 0 Å². The van der Waals surface area contributed by atoms with Crippen molar-refractivity contribution in [2.45, 2.75) is 26.7 Å². The van der Waals surface area contributed by atoms with Gasteiger partial charge in [0, 0.05) is 21.6 Å². The molecule has 1 aliphatic heterocycles. The van der Waals surface area contributed by atoms with Crippen molar-refractivity contribution in [2.75, 3.05) is 25.0 Å². The van der Waals surface area contributed by atoms with Gasteiger partial charge in [-0.3, -0.25) is 14.5 Å². The summed E-state index contributed by atoms with van der Waals surface area (Å²) in [6, 6.07) is 13.6. The maximum absolute atomic E-state index is 12.6. The Labute approximate surface area is 169 Å². The Kier molecular flexibility index (Phi) is 6.45. The van der Waals surface area contributed by atoms with E-state index in [-0.39, 0.29) is 17.6 Å². The predicted molar refractivity (Wildman–Crippen MR) is 112 cm³/mol. The van der Waals surface area contributed by atoms with Gasteiger partial charge in [0.25, 0.3) is 0 Å². The van der Waals surface area contributed by atoms with Gasteiger partial charge in [-0.05, 0) is 63.5 Å². The molecule has 1 aliphatic rings. The summed E-state index contributed by atoms with van der Waals surface area (Å²) >= 11 is 3.43. The van der Waals surface area contributed by atoms with Crippen LogP contribution in [-0.4, -0.2) is 36.2 Å². The molecule has 27 heavy (non-hydrogen) atoms. The molecule has 1 amide bonds. The van der Waals surface area contributed by atoms with E-state index < -0.39 is 0 Å². The number of rotatable bonds is 5. The fourth-order valence-corrected chi connectivity index (χ4v) is 3.94. The van der Waals surface area contributed by atoms with Crippen LogP contribution in [0.4, 0.5) is 5.69 Å². The summed E-state index contributed by atoms with van der Waals surface area (Å²) in [5.74, 6) is 0.272. The number of halogens is 1. The highest BCUT2D eigenvalue weighted by atomic mass is 79.9. The molecule has 0 bridgehead atoms. The second-order valence-corrected chi connectivity index (χ2v) is 8.20. The number of likely N-dealkylation sites (tertiary alicyclic amines) is 1. The minimum atomic E-state index is -0.0104. The Morgan fingerprint density at radius 2 is 1.74 bits per heavy atom. The van der Waals surface area contributed by atoms with Crippen LogP contribution in [0.1, 0.15) is 34.3 Å². The second kappa shape index (κ2) is 8.81. The first-order valence-corrected chi connectivity index (χ1v) is 10.1. The molecule has 5 heteroatoms. The predicted octanol–water partition coefficient (Wildman–Crippen LogP) is 4.60. The molecule has 1 N–H and O–H groups in total. The van der Waals surface area contributed by atoms with Gasteiger partial charge in [-0.1, -0.05) is 45.8 Å². The van der Waals surface area contributed by atoms with E-state index in [9.17, 15) is 9.59 Å². The lowest BCUT2D eigenvalue weighted by Crippen LogP contribution is -2.40. The summed E-state index contributed by atoms with van der Waals surface area (Å²) in [6.07, 6.45) is 1.61. The van der Waals surface area contributed by atoms with Gasteiger partial charge in [-0.2, -0.15) is 0 Å². The zero-order valence-electron chi connectivity index (χ0n) is 15.8. The molecule has 3 rings (SSSR count). The van der Waals surface area contributed by atoms with Crippen LogP contribution in [0.2, 0.25) is 0 Å². The van der Waals surface area contributed by atoms with Gasteiger partial charge >= 0.3 is 0 Å². The van der Waals surface area contributed by atoms with Gasteiger partial charge in [-0.15, -0.1) is 0 Å². The van der Waals surface area contributed by atoms with Crippen molar-refractivity contribution in [3.63, 3.8) is 0 Å². The Balaban J connectivity index is 1.49. The molecular weight excluding hydrogens is 404 g/mol. The third-order valence-corrected chi connectivity index (χ3v) is 5.62. The number of hydrogen-bond acceptors (Lipinski definition) is 3. The van der Waals surface area contributed by atoms with E-state index in [4.69, 9.17) is 0 Å². The van der Waals surface area contributed by atoms with E-state index in [0.717, 1.165) is 52.8 Å². The number of Topliss-reactive ketones (excluding diaryl/α,β-unsaturated/α-hetero) is 1. The molecule has 1 saturated heterocycles. The smallest absolute Gasteiger partial charge is 0.238 e. The molecule has 1 heterocycles. The van der Waals surface area contributed by atoms with E-state index in [0.29, 0.717) is 6.54 Å². The summed E-state index contributed by atoms with van der Waals surface area (Å²) in [5, 5.41) is 2.98. The number of benzene rings is 2. The minimum absolute atomic E-state index is 0.0104. The first-order chi connectivity index (χ1) is 12.9. The second-order valence-electron chi connectivity index (χ2n) is 7.29. The molecule has 2 aromatic carbocycles. The molecule has 0 aliphatic carbocycles. The fourth-order valence-electron chi connectivity index (χ4n) is 3.47. The van der Waals surface area contributed by atoms with Crippen molar-refractivity contribution in [3.8, 4) is 0 Å². The van der Waals surface area contributed by atoms with Crippen LogP contribution in [0.25, 0.3) is 0 Å². The standard InChI is InChI=1S/C22H25BrN2O2/c1-15-3-5-17(6-4-15)22(27)18-9-11-25(12-10-18)14-21(26)24-20-8-7-19(23)13-16(20)2/h3-8,13,18H,9-12,14H2,1-2H3,(H,24,26). The average molecular weight is 429 g/mol. The highest BCUT2D eigenvalue weighted by Gasteiger charge is 2.26. The molecule has 0 aromatic heterocycles. The topological polar surface area (TPSA) is 49.4 Å². The van der Waals surface area contributed by atoms with E-state index in [2.05, 4.69) is 26.1 Å². The summed E-state index contributed by atoms with van der Waals surface area (Å²) in [4.78, 5) is 27.1. The van der Waals surface area contributed by atoms with E-state index >= 15 is 0 Å². The molecule has 4 nitrogen and oxygen atoms in total. The maximum atomic E-state index is 12.6. The molecular formula is C22H25BrN2O2. The Morgan fingerprint density at radius 1 is 1.07 bits per heavy atom. The monoisotopic (exact) mass is 428 g/mol. The van der Waals surface area contributed by atoms with Crippen molar-refractivity contribution >= 4 is 33.3 Å². The lowest BCUT2D eigenvalue weighted by molar-refractivity contribution is -0.117. The number of hydrogen-bond donors (Lipinski definition) is 1. The highest BCUT2D eigenvalue weighted by molar-refractivity contribution is 9.10. The zero-order chi connectivity index (χ0) is 19.4. The first kappa shape index (κ1) is 19.8. The summed E-state index contributed by atoms with van der Waals surface area (Å²) in [7, 11) is 0. The molecule has 0 saturated carbocycles. The molecule has 0 radical (unpaired) electrons. The fraction of sp³-hybridized carbons (Fsp3) is 0.364. The van der Waals surface area contributed by atoms with Gasteiger partial charge in [0.2, 0.25) is 5.91 Å².